The molecule has 4 rings (SSSR count). The Morgan fingerprint density at radius 2 is 1.97 bits per heavy atom. The molecule has 0 N–H and O–H groups in total. The molecule has 0 fully saturated rings. The van der Waals surface area contributed by atoms with Crippen LogP contribution in [0, 0.1) is 10.1 Å². The second-order valence-corrected chi connectivity index (χ2v) is 6.29. The minimum Gasteiger partial charge on any atom is -0.485 e. The van der Waals surface area contributed by atoms with E-state index in [0.717, 1.165) is 0 Å². The minimum absolute atomic E-state index is 0.148. The van der Waals surface area contributed by atoms with E-state index in [4.69, 9.17) is 9.47 Å². The van der Waals surface area contributed by atoms with Gasteiger partial charge in [0.05, 0.1) is 12.2 Å². The number of hydrogen-bond donors (Lipinski definition) is 0. The first kappa shape index (κ1) is 19.5. The van der Waals surface area contributed by atoms with Crippen LogP contribution in [0.2, 0.25) is 0 Å². The van der Waals surface area contributed by atoms with Crippen molar-refractivity contribution in [2.75, 3.05) is 6.61 Å². The summed E-state index contributed by atoms with van der Waals surface area (Å²) in [5.74, 6) is -0.180. The first-order valence-electron chi connectivity index (χ1n) is 8.60. The molecule has 30 heavy (non-hydrogen) atoms. The zero-order valence-corrected chi connectivity index (χ0v) is 15.1. The highest BCUT2D eigenvalue weighted by Crippen LogP contribution is 2.28. The average Bonchev–Trinajstić information content (AvgIpc) is 3.11. The Morgan fingerprint density at radius 1 is 1.20 bits per heavy atom. The molecular formula is C18H13F3N4O5. The Morgan fingerprint density at radius 3 is 2.67 bits per heavy atom. The number of alkyl halides is 3. The van der Waals surface area contributed by atoms with Gasteiger partial charge in [-0.1, -0.05) is 0 Å². The molecule has 9 nitrogen and oxygen atoms in total. The second-order valence-electron chi connectivity index (χ2n) is 6.29. The maximum Gasteiger partial charge on any atom is 0.573 e. The van der Waals surface area contributed by atoms with Crippen LogP contribution in [0.25, 0.3) is 11.3 Å². The van der Waals surface area contributed by atoms with Crippen molar-refractivity contribution in [3.05, 3.63) is 58.9 Å². The van der Waals surface area contributed by atoms with Crippen LogP contribution in [0.15, 0.2) is 48.8 Å². The number of imidazole rings is 1. The minimum atomic E-state index is -4.76. The molecule has 0 radical (unpaired) electrons. The van der Waals surface area contributed by atoms with Gasteiger partial charge in [-0.3, -0.25) is 9.55 Å². The van der Waals surface area contributed by atoms with E-state index in [2.05, 4.69) is 14.7 Å². The number of hydrogen-bond acceptors (Lipinski definition) is 7. The Bertz CT molecular complexity index is 1070. The van der Waals surface area contributed by atoms with E-state index < -0.39 is 17.4 Å². The smallest absolute Gasteiger partial charge is 0.485 e. The molecule has 1 aliphatic rings. The van der Waals surface area contributed by atoms with E-state index in [1.807, 2.05) is 0 Å². The third-order valence-corrected chi connectivity index (χ3v) is 4.13. The molecule has 2 aromatic heterocycles. The summed E-state index contributed by atoms with van der Waals surface area (Å²) in [4.78, 5) is 18.2. The molecule has 0 aliphatic carbocycles. The van der Waals surface area contributed by atoms with Gasteiger partial charge in [-0.25, -0.2) is 0 Å². The lowest BCUT2D eigenvalue weighted by molar-refractivity contribution is -0.389. The molecule has 12 heteroatoms. The number of pyridine rings is 1. The Hall–Kier alpha value is -3.83. The van der Waals surface area contributed by atoms with Gasteiger partial charge in [-0.2, -0.15) is 0 Å². The van der Waals surface area contributed by atoms with Gasteiger partial charge in [0.15, 0.2) is 6.10 Å². The molecule has 0 spiro atoms. The highest BCUT2D eigenvalue weighted by molar-refractivity contribution is 5.61. The maximum atomic E-state index is 12.3. The van der Waals surface area contributed by atoms with E-state index in [0.29, 0.717) is 23.6 Å². The molecule has 156 valence electrons. The van der Waals surface area contributed by atoms with Crippen molar-refractivity contribution in [2.24, 2.45) is 0 Å². The molecule has 0 unspecified atom stereocenters. The number of nitrogens with zero attached hydrogens (tertiary/aromatic N) is 4. The fourth-order valence-corrected chi connectivity index (χ4v) is 2.89. The fraction of sp³-hybridized carbons (Fsp3) is 0.222. The predicted molar refractivity (Wildman–Crippen MR) is 95.1 cm³/mol. The number of ether oxygens (including phenoxy) is 3. The highest BCUT2D eigenvalue weighted by Gasteiger charge is 2.31. The van der Waals surface area contributed by atoms with Crippen LogP contribution in [-0.4, -0.2) is 38.5 Å². The van der Waals surface area contributed by atoms with Gasteiger partial charge in [-0.15, -0.1) is 13.2 Å². The van der Waals surface area contributed by atoms with Crippen LogP contribution < -0.4 is 14.2 Å². The van der Waals surface area contributed by atoms with Crippen LogP contribution in [-0.2, 0) is 6.54 Å². The molecule has 3 heterocycles. The average molecular weight is 422 g/mol. The lowest BCUT2D eigenvalue weighted by atomic mass is 10.1. The van der Waals surface area contributed by atoms with Crippen molar-refractivity contribution >= 4 is 5.82 Å². The fourth-order valence-electron chi connectivity index (χ4n) is 2.89. The van der Waals surface area contributed by atoms with E-state index in [1.165, 1.54) is 41.2 Å². The van der Waals surface area contributed by atoms with Gasteiger partial charge in [0.2, 0.25) is 0 Å². The number of fused-ring (bicyclic) bond motifs is 1. The standard InChI is InChI=1S/C18H13F3N4O5/c19-18(20,21)30-12-3-1-11(2-4-12)15-7-13(5-6-22-15)29-14-8-24-9-16(25(26)27)23-17(24)28-10-14/h1-7,9,14H,8,10H2/t14-/m0/s1. The summed E-state index contributed by atoms with van der Waals surface area (Å²) in [5.41, 5.74) is 1.06. The molecule has 1 atom stereocenters. The van der Waals surface area contributed by atoms with Crippen molar-refractivity contribution in [3.63, 3.8) is 0 Å². The molecule has 3 aromatic rings. The molecular weight excluding hydrogens is 409 g/mol. The summed E-state index contributed by atoms with van der Waals surface area (Å²) >= 11 is 0. The number of rotatable bonds is 5. The molecule has 1 aromatic carbocycles. The number of nitro groups is 1. The summed E-state index contributed by atoms with van der Waals surface area (Å²) in [6, 6.07) is 8.70. The lowest BCUT2D eigenvalue weighted by Gasteiger charge is -2.23. The Labute approximate surface area is 166 Å². The van der Waals surface area contributed by atoms with E-state index in [1.54, 1.807) is 12.1 Å². The zero-order chi connectivity index (χ0) is 21.3. The molecule has 0 saturated heterocycles. The molecule has 0 saturated carbocycles. The van der Waals surface area contributed by atoms with Crippen LogP contribution in [0.1, 0.15) is 0 Å². The van der Waals surface area contributed by atoms with Gasteiger partial charge in [0.25, 0.3) is 0 Å². The summed E-state index contributed by atoms with van der Waals surface area (Å²) in [5, 5.41) is 10.8. The lowest BCUT2D eigenvalue weighted by Crippen LogP contribution is -2.34. The number of halogens is 3. The second kappa shape index (κ2) is 7.54. The van der Waals surface area contributed by atoms with Crippen LogP contribution in [0.5, 0.6) is 17.5 Å². The normalized spacial score (nSPS) is 15.8. The van der Waals surface area contributed by atoms with Gasteiger partial charge in [-0.05, 0) is 35.3 Å². The number of benzene rings is 1. The third-order valence-electron chi connectivity index (χ3n) is 4.13. The number of aromatic nitrogens is 3. The van der Waals surface area contributed by atoms with E-state index in [9.17, 15) is 23.3 Å². The molecule has 0 bridgehead atoms. The zero-order valence-electron chi connectivity index (χ0n) is 15.1. The predicted octanol–water partition coefficient (Wildman–Crippen LogP) is 3.59. The van der Waals surface area contributed by atoms with Crippen molar-refractivity contribution in [2.45, 2.75) is 19.0 Å². The van der Waals surface area contributed by atoms with Crippen molar-refractivity contribution < 1.29 is 32.3 Å². The van der Waals surface area contributed by atoms with Crippen molar-refractivity contribution in [1.82, 2.24) is 14.5 Å². The van der Waals surface area contributed by atoms with Crippen LogP contribution in [0.3, 0.4) is 0 Å². The maximum absolute atomic E-state index is 12.3. The van der Waals surface area contributed by atoms with Gasteiger partial charge in [0.1, 0.15) is 24.3 Å². The molecule has 1 aliphatic heterocycles. The van der Waals surface area contributed by atoms with Crippen molar-refractivity contribution in [1.29, 1.82) is 0 Å². The largest absolute Gasteiger partial charge is 0.573 e. The molecule has 0 amide bonds. The van der Waals surface area contributed by atoms with Gasteiger partial charge in [0, 0.05) is 22.8 Å². The van der Waals surface area contributed by atoms with E-state index in [-0.39, 0.29) is 24.2 Å². The highest BCUT2D eigenvalue weighted by atomic mass is 19.4. The van der Waals surface area contributed by atoms with Crippen LogP contribution in [0.4, 0.5) is 19.0 Å². The quantitative estimate of drug-likeness (QED) is 0.457. The van der Waals surface area contributed by atoms with Crippen LogP contribution >= 0.6 is 0 Å². The topological polar surface area (TPSA) is 102 Å². The first-order valence-corrected chi connectivity index (χ1v) is 8.60. The van der Waals surface area contributed by atoms with Crippen molar-refractivity contribution in [3.8, 4) is 28.8 Å². The summed E-state index contributed by atoms with van der Waals surface area (Å²) in [6.07, 6.45) is -2.41. The van der Waals surface area contributed by atoms with E-state index >= 15 is 0 Å². The van der Waals surface area contributed by atoms with Gasteiger partial charge >= 0.3 is 18.2 Å². The SMILES string of the molecule is O=[N+]([O-])c1cn2c(n1)OC[C@@H](Oc1ccnc(-c3ccc(OC(F)(F)F)cc3)c1)C2. The Kier molecular flexibility index (Phi) is 4.90. The van der Waals surface area contributed by atoms with Gasteiger partial charge < -0.3 is 24.3 Å². The third kappa shape index (κ3) is 4.42. The Balaban J connectivity index is 1.45. The first-order chi connectivity index (χ1) is 14.3. The summed E-state index contributed by atoms with van der Waals surface area (Å²) in [6.45, 7) is 0.451. The summed E-state index contributed by atoms with van der Waals surface area (Å²) in [7, 11) is 0. The monoisotopic (exact) mass is 422 g/mol. The summed E-state index contributed by atoms with van der Waals surface area (Å²) < 4.78 is 53.5.